The predicted molar refractivity (Wildman–Crippen MR) is 108 cm³/mol. The van der Waals surface area contributed by atoms with Gasteiger partial charge >= 0.3 is 0 Å². The smallest absolute Gasteiger partial charge is 0.142 e. The molecule has 0 amide bonds. The molecule has 4 rings (SSSR count). The maximum atomic E-state index is 12.5. The summed E-state index contributed by atoms with van der Waals surface area (Å²) in [5.41, 5.74) is 3.93. The molecule has 1 N–H and O–H groups in total. The highest BCUT2D eigenvalue weighted by Gasteiger charge is 2.20. The highest BCUT2D eigenvalue weighted by atomic mass is 19.1. The van der Waals surface area contributed by atoms with Crippen molar-refractivity contribution < 1.29 is 9.13 Å². The number of rotatable bonds is 6. The average molecular weight is 378 g/mol. The van der Waals surface area contributed by atoms with Gasteiger partial charge in [-0.05, 0) is 36.4 Å². The molecule has 0 saturated carbocycles. The number of fused-ring (bicyclic) bond motifs is 1. The SMILES string of the molecule is N#Cc1ccc2[nH]c(CN3CCN(c4ccccc4OCCF)CC3)cc2c1. The first-order valence-electron chi connectivity index (χ1n) is 9.53. The van der Waals surface area contributed by atoms with Crippen LogP contribution in [0.1, 0.15) is 11.3 Å². The maximum absolute atomic E-state index is 12.5. The van der Waals surface area contributed by atoms with E-state index in [-0.39, 0.29) is 6.61 Å². The molecule has 0 atom stereocenters. The number of H-pyrrole nitrogens is 1. The third-order valence-electron chi connectivity index (χ3n) is 5.11. The monoisotopic (exact) mass is 378 g/mol. The minimum absolute atomic E-state index is 0.0882. The lowest BCUT2D eigenvalue weighted by Crippen LogP contribution is -2.46. The number of nitrogens with one attached hydrogen (secondary N) is 1. The van der Waals surface area contributed by atoms with Crippen LogP contribution in [0.3, 0.4) is 0 Å². The highest BCUT2D eigenvalue weighted by molar-refractivity contribution is 5.81. The van der Waals surface area contributed by atoms with Crippen LogP contribution in [0.5, 0.6) is 5.75 Å². The summed E-state index contributed by atoms with van der Waals surface area (Å²) in [5, 5.41) is 10.1. The number of halogens is 1. The van der Waals surface area contributed by atoms with E-state index in [2.05, 4.69) is 26.9 Å². The molecule has 0 spiro atoms. The number of ether oxygens (including phenoxy) is 1. The van der Waals surface area contributed by atoms with Gasteiger partial charge in [-0.3, -0.25) is 4.90 Å². The molecule has 28 heavy (non-hydrogen) atoms. The van der Waals surface area contributed by atoms with E-state index in [0.717, 1.165) is 60.8 Å². The van der Waals surface area contributed by atoms with Gasteiger partial charge in [0.1, 0.15) is 19.0 Å². The summed E-state index contributed by atoms with van der Waals surface area (Å²) in [4.78, 5) is 8.16. The molecule has 0 aliphatic carbocycles. The summed E-state index contributed by atoms with van der Waals surface area (Å²) in [7, 11) is 0. The lowest BCUT2D eigenvalue weighted by molar-refractivity contribution is 0.244. The Morgan fingerprint density at radius 1 is 1.07 bits per heavy atom. The lowest BCUT2D eigenvalue weighted by Gasteiger charge is -2.36. The fourth-order valence-electron chi connectivity index (χ4n) is 3.72. The van der Waals surface area contributed by atoms with E-state index in [0.29, 0.717) is 5.56 Å². The van der Waals surface area contributed by atoms with Gasteiger partial charge in [0.2, 0.25) is 0 Å². The van der Waals surface area contributed by atoms with Crippen LogP contribution < -0.4 is 9.64 Å². The summed E-state index contributed by atoms with van der Waals surface area (Å²) in [6.45, 7) is 4.13. The number of aromatic nitrogens is 1. The van der Waals surface area contributed by atoms with E-state index >= 15 is 0 Å². The summed E-state index contributed by atoms with van der Waals surface area (Å²) in [5.74, 6) is 0.748. The summed E-state index contributed by atoms with van der Waals surface area (Å²) in [6, 6.07) is 17.9. The van der Waals surface area contributed by atoms with Gasteiger partial charge < -0.3 is 14.6 Å². The molecule has 6 heteroatoms. The number of anilines is 1. The van der Waals surface area contributed by atoms with Crippen molar-refractivity contribution in [2.75, 3.05) is 44.4 Å². The van der Waals surface area contributed by atoms with Crippen LogP contribution in [0.25, 0.3) is 10.9 Å². The van der Waals surface area contributed by atoms with Crippen LogP contribution in [-0.4, -0.2) is 49.3 Å². The van der Waals surface area contributed by atoms with Crippen molar-refractivity contribution in [3.8, 4) is 11.8 Å². The van der Waals surface area contributed by atoms with Crippen LogP contribution in [0.15, 0.2) is 48.5 Å². The van der Waals surface area contributed by atoms with Crippen LogP contribution in [0.2, 0.25) is 0 Å². The number of piperazine rings is 1. The fraction of sp³-hybridized carbons (Fsp3) is 0.318. The van der Waals surface area contributed by atoms with Gasteiger partial charge in [-0.2, -0.15) is 5.26 Å². The molecular weight excluding hydrogens is 355 g/mol. The first-order chi connectivity index (χ1) is 13.8. The van der Waals surface area contributed by atoms with Crippen molar-refractivity contribution in [3.63, 3.8) is 0 Å². The maximum Gasteiger partial charge on any atom is 0.142 e. The predicted octanol–water partition coefficient (Wildman–Crippen LogP) is 3.71. The van der Waals surface area contributed by atoms with Crippen molar-refractivity contribution in [1.29, 1.82) is 5.26 Å². The van der Waals surface area contributed by atoms with Crippen LogP contribution in [0, 0.1) is 11.3 Å². The first kappa shape index (κ1) is 18.3. The third kappa shape index (κ3) is 3.95. The summed E-state index contributed by atoms with van der Waals surface area (Å²) < 4.78 is 18.0. The standard InChI is InChI=1S/C22H23FN4O/c23-7-12-28-22-4-2-1-3-21(22)27-10-8-26(9-11-27)16-19-14-18-13-17(15-24)5-6-20(18)25-19/h1-6,13-14,25H,7-12,16H2. The third-order valence-corrected chi connectivity index (χ3v) is 5.11. The molecule has 144 valence electrons. The molecule has 0 radical (unpaired) electrons. The Balaban J connectivity index is 1.39. The van der Waals surface area contributed by atoms with Crippen LogP contribution in [-0.2, 0) is 6.54 Å². The lowest BCUT2D eigenvalue weighted by atomic mass is 10.2. The highest BCUT2D eigenvalue weighted by Crippen LogP contribution is 2.29. The average Bonchev–Trinajstić information content (AvgIpc) is 3.14. The largest absolute Gasteiger partial charge is 0.489 e. The Labute approximate surface area is 163 Å². The van der Waals surface area contributed by atoms with Crippen molar-refractivity contribution in [2.24, 2.45) is 0 Å². The molecule has 5 nitrogen and oxygen atoms in total. The van der Waals surface area contributed by atoms with Gasteiger partial charge in [-0.1, -0.05) is 12.1 Å². The van der Waals surface area contributed by atoms with E-state index < -0.39 is 6.67 Å². The molecule has 1 aliphatic heterocycles. The second-order valence-electron chi connectivity index (χ2n) is 6.98. The van der Waals surface area contributed by atoms with E-state index in [9.17, 15) is 4.39 Å². The van der Waals surface area contributed by atoms with Gasteiger partial charge in [0.05, 0.1) is 17.3 Å². The van der Waals surface area contributed by atoms with Gasteiger partial charge in [-0.25, -0.2) is 4.39 Å². The molecule has 0 unspecified atom stereocenters. The van der Waals surface area contributed by atoms with Gasteiger partial charge in [0, 0.05) is 49.3 Å². The number of hydrogen-bond donors (Lipinski definition) is 1. The number of para-hydroxylation sites is 2. The molecule has 3 aromatic rings. The van der Waals surface area contributed by atoms with Gasteiger partial charge in [0.15, 0.2) is 0 Å². The molecular formula is C22H23FN4O. The van der Waals surface area contributed by atoms with Crippen molar-refractivity contribution in [2.45, 2.75) is 6.54 Å². The topological polar surface area (TPSA) is 55.3 Å². The zero-order valence-corrected chi connectivity index (χ0v) is 15.7. The first-order valence-corrected chi connectivity index (χ1v) is 9.53. The number of alkyl halides is 1. The second-order valence-corrected chi connectivity index (χ2v) is 6.98. The van der Waals surface area contributed by atoms with E-state index in [4.69, 9.17) is 10.00 Å². The number of benzene rings is 2. The van der Waals surface area contributed by atoms with Gasteiger partial charge in [-0.15, -0.1) is 0 Å². The molecule has 2 heterocycles. The normalized spacial score (nSPS) is 14.9. The molecule has 1 fully saturated rings. The van der Waals surface area contributed by atoms with Crippen molar-refractivity contribution in [3.05, 3.63) is 59.8 Å². The second kappa shape index (κ2) is 8.32. The van der Waals surface area contributed by atoms with Crippen LogP contribution >= 0.6 is 0 Å². The summed E-state index contributed by atoms with van der Waals surface area (Å²) in [6.07, 6.45) is 0. The number of aromatic amines is 1. The molecule has 1 aliphatic rings. The zero-order valence-electron chi connectivity index (χ0n) is 15.7. The molecule has 1 saturated heterocycles. The molecule has 2 aromatic carbocycles. The Morgan fingerprint density at radius 3 is 2.68 bits per heavy atom. The molecule has 1 aromatic heterocycles. The Morgan fingerprint density at radius 2 is 1.89 bits per heavy atom. The molecule has 0 bridgehead atoms. The van der Waals surface area contributed by atoms with Crippen molar-refractivity contribution >= 4 is 16.6 Å². The number of nitrogens with zero attached hydrogens (tertiary/aromatic N) is 3. The number of nitriles is 1. The minimum atomic E-state index is -0.484. The minimum Gasteiger partial charge on any atom is -0.489 e. The summed E-state index contributed by atoms with van der Waals surface area (Å²) >= 11 is 0. The van der Waals surface area contributed by atoms with Crippen LogP contribution in [0.4, 0.5) is 10.1 Å². The Kier molecular flexibility index (Phi) is 5.45. The Hall–Kier alpha value is -3.04. The zero-order chi connectivity index (χ0) is 19.3. The van der Waals surface area contributed by atoms with E-state index in [1.807, 2.05) is 42.5 Å². The van der Waals surface area contributed by atoms with E-state index in [1.165, 1.54) is 0 Å². The van der Waals surface area contributed by atoms with Gasteiger partial charge in [0.25, 0.3) is 0 Å². The van der Waals surface area contributed by atoms with Crippen molar-refractivity contribution in [1.82, 2.24) is 9.88 Å². The van der Waals surface area contributed by atoms with E-state index in [1.54, 1.807) is 0 Å². The fourth-order valence-corrected chi connectivity index (χ4v) is 3.72. The quantitative estimate of drug-likeness (QED) is 0.710. The Bertz CT molecular complexity index is 986. The number of hydrogen-bond acceptors (Lipinski definition) is 4.